The highest BCUT2D eigenvalue weighted by Gasteiger charge is 2.14. The summed E-state index contributed by atoms with van der Waals surface area (Å²) in [6.45, 7) is 8.54. The molecule has 0 fully saturated rings. The number of pyridine rings is 2. The molecule has 0 aliphatic rings. The molecule has 0 aliphatic carbocycles. The smallest absolute Gasteiger partial charge is 0.256 e. The summed E-state index contributed by atoms with van der Waals surface area (Å²) in [7, 11) is 3.23. The van der Waals surface area contributed by atoms with E-state index in [9.17, 15) is 0 Å². The van der Waals surface area contributed by atoms with Crippen molar-refractivity contribution in [1.29, 1.82) is 0 Å². The Kier molecular flexibility index (Phi) is 6.01. The molecule has 0 unspecified atom stereocenters. The van der Waals surface area contributed by atoms with Gasteiger partial charge in [-0.05, 0) is 49.9 Å². The van der Waals surface area contributed by atoms with E-state index in [0.717, 1.165) is 35.4 Å². The van der Waals surface area contributed by atoms with E-state index in [4.69, 9.17) is 14.2 Å². The molecule has 0 amide bonds. The highest BCUT2D eigenvalue weighted by Crippen LogP contribution is 2.29. The number of aryl methyl sites for hydroxylation is 4. The van der Waals surface area contributed by atoms with Gasteiger partial charge in [-0.1, -0.05) is 13.8 Å². The SMILES string of the molecule is CCc1cc(COc2cc(CC)c(C)nc2OC)c(OC)nc1C. The topological polar surface area (TPSA) is 53.5 Å². The van der Waals surface area contributed by atoms with Crippen LogP contribution in [-0.2, 0) is 19.4 Å². The van der Waals surface area contributed by atoms with Gasteiger partial charge in [0.2, 0.25) is 5.88 Å². The standard InChI is InChI=1S/C19H26N2O3/c1-7-14-9-16(18(22-5)20-12(14)3)11-24-17-10-15(8-2)13(4)21-19(17)23-6/h9-10H,7-8,11H2,1-6H3. The molecule has 0 atom stereocenters. The van der Waals surface area contributed by atoms with Gasteiger partial charge in [-0.2, -0.15) is 0 Å². The van der Waals surface area contributed by atoms with Gasteiger partial charge in [-0.25, -0.2) is 9.97 Å². The molecular formula is C19H26N2O3. The predicted octanol–water partition coefficient (Wildman–Crippen LogP) is 3.81. The molecule has 0 N–H and O–H groups in total. The van der Waals surface area contributed by atoms with Crippen LogP contribution in [0.25, 0.3) is 0 Å². The van der Waals surface area contributed by atoms with E-state index >= 15 is 0 Å². The molecule has 0 spiro atoms. The van der Waals surface area contributed by atoms with E-state index in [1.54, 1.807) is 14.2 Å². The van der Waals surface area contributed by atoms with Crippen LogP contribution >= 0.6 is 0 Å². The van der Waals surface area contributed by atoms with Gasteiger partial charge in [0.1, 0.15) is 6.61 Å². The molecule has 0 radical (unpaired) electrons. The van der Waals surface area contributed by atoms with E-state index in [1.165, 1.54) is 5.56 Å². The summed E-state index contributed by atoms with van der Waals surface area (Å²) in [6.07, 6.45) is 1.82. The summed E-state index contributed by atoms with van der Waals surface area (Å²) in [5, 5.41) is 0. The predicted molar refractivity (Wildman–Crippen MR) is 94.1 cm³/mol. The molecule has 24 heavy (non-hydrogen) atoms. The molecule has 2 aromatic rings. The van der Waals surface area contributed by atoms with Crippen LogP contribution in [0.2, 0.25) is 0 Å². The third-order valence-corrected chi connectivity index (χ3v) is 4.14. The van der Waals surface area contributed by atoms with E-state index in [1.807, 2.05) is 19.9 Å². The maximum absolute atomic E-state index is 5.99. The fourth-order valence-electron chi connectivity index (χ4n) is 2.68. The normalized spacial score (nSPS) is 10.6. The second-order valence-electron chi connectivity index (χ2n) is 5.64. The molecule has 130 valence electrons. The summed E-state index contributed by atoms with van der Waals surface area (Å²) in [5.41, 5.74) is 5.21. The summed E-state index contributed by atoms with van der Waals surface area (Å²) >= 11 is 0. The van der Waals surface area contributed by atoms with Gasteiger partial charge < -0.3 is 14.2 Å². The lowest BCUT2D eigenvalue weighted by Gasteiger charge is -2.15. The monoisotopic (exact) mass is 330 g/mol. The quantitative estimate of drug-likeness (QED) is 0.772. The molecule has 2 rings (SSSR count). The van der Waals surface area contributed by atoms with Gasteiger partial charge in [0.25, 0.3) is 5.88 Å². The Bertz CT molecular complexity index is 653. The van der Waals surface area contributed by atoms with Crippen LogP contribution in [0.15, 0.2) is 12.1 Å². The van der Waals surface area contributed by atoms with Crippen molar-refractivity contribution in [2.75, 3.05) is 14.2 Å². The van der Waals surface area contributed by atoms with Crippen LogP contribution in [0.1, 0.15) is 41.9 Å². The van der Waals surface area contributed by atoms with Gasteiger partial charge in [-0.15, -0.1) is 0 Å². The van der Waals surface area contributed by atoms with Crippen LogP contribution in [0, 0.1) is 13.8 Å². The number of methoxy groups -OCH3 is 2. The highest BCUT2D eigenvalue weighted by atomic mass is 16.5. The van der Waals surface area contributed by atoms with E-state index in [0.29, 0.717) is 24.1 Å². The zero-order valence-electron chi connectivity index (χ0n) is 15.4. The minimum Gasteiger partial charge on any atom is -0.483 e. The average Bonchev–Trinajstić information content (AvgIpc) is 2.60. The first kappa shape index (κ1) is 18.0. The molecule has 0 aromatic carbocycles. The van der Waals surface area contributed by atoms with Crippen molar-refractivity contribution in [3.63, 3.8) is 0 Å². The van der Waals surface area contributed by atoms with E-state index in [-0.39, 0.29) is 0 Å². The molecule has 0 saturated carbocycles. The Balaban J connectivity index is 2.30. The minimum atomic E-state index is 0.355. The van der Waals surface area contributed by atoms with Gasteiger partial charge in [0.05, 0.1) is 19.8 Å². The first-order valence-corrected chi connectivity index (χ1v) is 8.24. The van der Waals surface area contributed by atoms with Crippen molar-refractivity contribution in [3.8, 4) is 17.5 Å². The number of rotatable bonds is 7. The molecule has 0 aliphatic heterocycles. The molecule has 5 heteroatoms. The molecular weight excluding hydrogens is 304 g/mol. The summed E-state index contributed by atoms with van der Waals surface area (Å²) in [4.78, 5) is 8.99. The maximum atomic E-state index is 5.99. The number of nitrogens with zero attached hydrogens (tertiary/aromatic N) is 2. The van der Waals surface area contributed by atoms with Crippen molar-refractivity contribution in [3.05, 3.63) is 40.2 Å². The lowest BCUT2D eigenvalue weighted by atomic mass is 10.1. The van der Waals surface area contributed by atoms with Gasteiger partial charge in [0.15, 0.2) is 5.75 Å². The molecule has 2 heterocycles. The van der Waals surface area contributed by atoms with Crippen LogP contribution in [0.4, 0.5) is 0 Å². The van der Waals surface area contributed by atoms with Crippen molar-refractivity contribution in [2.45, 2.75) is 47.1 Å². The van der Waals surface area contributed by atoms with Gasteiger partial charge in [-0.3, -0.25) is 0 Å². The first-order valence-electron chi connectivity index (χ1n) is 8.24. The second-order valence-corrected chi connectivity index (χ2v) is 5.64. The first-order chi connectivity index (χ1) is 11.5. The third kappa shape index (κ3) is 3.78. The second kappa shape index (κ2) is 7.99. The van der Waals surface area contributed by atoms with E-state index < -0.39 is 0 Å². The Morgan fingerprint density at radius 1 is 0.792 bits per heavy atom. The highest BCUT2D eigenvalue weighted by molar-refractivity contribution is 5.40. The molecule has 5 nitrogen and oxygen atoms in total. The Hall–Kier alpha value is -2.30. The van der Waals surface area contributed by atoms with Crippen molar-refractivity contribution < 1.29 is 14.2 Å². The van der Waals surface area contributed by atoms with Crippen LogP contribution in [-0.4, -0.2) is 24.2 Å². The number of ether oxygens (including phenoxy) is 3. The van der Waals surface area contributed by atoms with Crippen molar-refractivity contribution >= 4 is 0 Å². The Morgan fingerprint density at radius 3 is 1.88 bits per heavy atom. The summed E-state index contributed by atoms with van der Waals surface area (Å²) < 4.78 is 16.7. The molecule has 0 saturated heterocycles. The number of hydrogen-bond acceptors (Lipinski definition) is 5. The Labute approximate surface area is 144 Å². The Morgan fingerprint density at radius 2 is 1.33 bits per heavy atom. The number of aromatic nitrogens is 2. The average molecular weight is 330 g/mol. The largest absolute Gasteiger partial charge is 0.483 e. The van der Waals surface area contributed by atoms with Crippen LogP contribution < -0.4 is 14.2 Å². The zero-order valence-corrected chi connectivity index (χ0v) is 15.4. The summed E-state index contributed by atoms with van der Waals surface area (Å²) in [5.74, 6) is 1.74. The third-order valence-electron chi connectivity index (χ3n) is 4.14. The zero-order chi connectivity index (χ0) is 17.7. The van der Waals surface area contributed by atoms with Crippen molar-refractivity contribution in [1.82, 2.24) is 9.97 Å². The van der Waals surface area contributed by atoms with Gasteiger partial charge in [0, 0.05) is 11.4 Å². The summed E-state index contributed by atoms with van der Waals surface area (Å²) in [6, 6.07) is 4.09. The fourth-order valence-corrected chi connectivity index (χ4v) is 2.68. The van der Waals surface area contributed by atoms with Crippen LogP contribution in [0.5, 0.6) is 17.5 Å². The maximum Gasteiger partial charge on any atom is 0.256 e. The van der Waals surface area contributed by atoms with Crippen molar-refractivity contribution in [2.24, 2.45) is 0 Å². The number of hydrogen-bond donors (Lipinski definition) is 0. The van der Waals surface area contributed by atoms with Gasteiger partial charge >= 0.3 is 0 Å². The molecule has 2 aromatic heterocycles. The lowest BCUT2D eigenvalue weighted by molar-refractivity contribution is 0.270. The van der Waals surface area contributed by atoms with Crippen LogP contribution in [0.3, 0.4) is 0 Å². The molecule has 0 bridgehead atoms. The van der Waals surface area contributed by atoms with E-state index in [2.05, 4.69) is 29.9 Å². The fraction of sp³-hybridized carbons (Fsp3) is 0.474. The lowest BCUT2D eigenvalue weighted by Crippen LogP contribution is -2.06. The minimum absolute atomic E-state index is 0.355.